The molecule has 0 spiro atoms. The summed E-state index contributed by atoms with van der Waals surface area (Å²) in [6.07, 6.45) is 0. The molecule has 0 bridgehead atoms. The lowest BCUT2D eigenvalue weighted by molar-refractivity contribution is 0.419. The fraction of sp³-hybridized carbons (Fsp3) is 1.00. The standard InChI is InChI=1S/C2H6O2P.CH4/c1-4-5(2)3;/h1-2H3;1H4/q+1;. The molecule has 3 heteroatoms. The highest BCUT2D eigenvalue weighted by molar-refractivity contribution is 7.38. The summed E-state index contributed by atoms with van der Waals surface area (Å²) < 4.78 is 14.0. The Balaban J connectivity index is 0. The molecule has 0 rings (SSSR count). The van der Waals surface area contributed by atoms with Crippen LogP contribution in [0, 0.1) is 0 Å². The third-order valence-electron chi connectivity index (χ3n) is 0.257. The minimum Gasteiger partial charge on any atom is -0.150 e. The van der Waals surface area contributed by atoms with E-state index in [9.17, 15) is 4.57 Å². The van der Waals surface area contributed by atoms with Gasteiger partial charge >= 0.3 is 8.03 Å². The van der Waals surface area contributed by atoms with Gasteiger partial charge in [-0.2, -0.15) is 0 Å². The molecule has 2 nitrogen and oxygen atoms in total. The normalized spacial score (nSPS) is 9.33. The van der Waals surface area contributed by atoms with Crippen LogP contribution in [0.4, 0.5) is 0 Å². The molecule has 0 aliphatic rings. The molecule has 0 aliphatic heterocycles. The van der Waals surface area contributed by atoms with Crippen LogP contribution in [0.1, 0.15) is 7.43 Å². The summed E-state index contributed by atoms with van der Waals surface area (Å²) >= 11 is 0. The lowest BCUT2D eigenvalue weighted by Gasteiger charge is -1.58. The maximum atomic E-state index is 9.74. The van der Waals surface area contributed by atoms with Gasteiger partial charge in [0.2, 0.25) is 0 Å². The van der Waals surface area contributed by atoms with Crippen molar-refractivity contribution in [1.82, 2.24) is 0 Å². The van der Waals surface area contributed by atoms with Gasteiger partial charge in [0.25, 0.3) is 0 Å². The largest absolute Gasteiger partial charge is 0.504 e. The lowest BCUT2D eigenvalue weighted by Crippen LogP contribution is -1.56. The van der Waals surface area contributed by atoms with Gasteiger partial charge in [-0.15, -0.1) is 4.52 Å². The number of hydrogen-bond acceptors (Lipinski definition) is 2. The first kappa shape index (κ1) is 9.41. The summed E-state index contributed by atoms with van der Waals surface area (Å²) in [5, 5.41) is 0. The van der Waals surface area contributed by atoms with Crippen LogP contribution in [0.25, 0.3) is 0 Å². The average Bonchev–Trinajstić information content (AvgIpc) is 1.38. The summed E-state index contributed by atoms with van der Waals surface area (Å²) in [6.45, 7) is 1.51. The van der Waals surface area contributed by atoms with Crippen molar-refractivity contribution in [2.75, 3.05) is 13.8 Å². The van der Waals surface area contributed by atoms with Crippen molar-refractivity contribution in [2.45, 2.75) is 7.43 Å². The zero-order chi connectivity index (χ0) is 4.28. The van der Waals surface area contributed by atoms with Gasteiger partial charge < -0.3 is 0 Å². The first-order valence-electron chi connectivity index (χ1n) is 1.22. The molecule has 0 amide bonds. The van der Waals surface area contributed by atoms with E-state index in [1.165, 1.54) is 13.8 Å². The summed E-state index contributed by atoms with van der Waals surface area (Å²) in [4.78, 5) is 0. The highest BCUT2D eigenvalue weighted by atomic mass is 31.1. The molecule has 38 valence electrons. The average molecular weight is 109 g/mol. The van der Waals surface area contributed by atoms with E-state index in [-0.39, 0.29) is 7.43 Å². The Hall–Kier alpha value is 0.0600. The van der Waals surface area contributed by atoms with Gasteiger partial charge in [-0.05, 0) is 4.57 Å². The molecule has 0 heterocycles. The number of rotatable bonds is 1. The van der Waals surface area contributed by atoms with E-state index < -0.39 is 8.03 Å². The van der Waals surface area contributed by atoms with Gasteiger partial charge in [0.15, 0.2) is 6.66 Å². The molecule has 6 heavy (non-hydrogen) atoms. The molecule has 0 fully saturated rings. The van der Waals surface area contributed by atoms with E-state index in [1.54, 1.807) is 0 Å². The lowest BCUT2D eigenvalue weighted by atomic mass is 11.8. The van der Waals surface area contributed by atoms with E-state index in [4.69, 9.17) is 0 Å². The van der Waals surface area contributed by atoms with Crippen LogP contribution >= 0.6 is 8.03 Å². The quantitative estimate of drug-likeness (QED) is 0.478. The molecule has 1 atom stereocenters. The smallest absolute Gasteiger partial charge is 0.150 e. The molecular weight excluding hydrogens is 99.0 g/mol. The Morgan fingerprint density at radius 1 is 1.67 bits per heavy atom. The van der Waals surface area contributed by atoms with Crippen LogP contribution in [0.3, 0.4) is 0 Å². The maximum Gasteiger partial charge on any atom is 0.504 e. The van der Waals surface area contributed by atoms with Crippen LogP contribution in [0.5, 0.6) is 0 Å². The van der Waals surface area contributed by atoms with Crippen LogP contribution in [-0.2, 0) is 9.09 Å². The minimum absolute atomic E-state index is 0. The molecule has 0 radical (unpaired) electrons. The third-order valence-corrected chi connectivity index (χ3v) is 0.771. The van der Waals surface area contributed by atoms with Crippen molar-refractivity contribution in [3.8, 4) is 0 Å². The topological polar surface area (TPSA) is 26.3 Å². The fourth-order valence-electron chi connectivity index (χ4n) is 0. The Kier molecular flexibility index (Phi) is 7.94. The van der Waals surface area contributed by atoms with Gasteiger partial charge in [-0.1, -0.05) is 7.43 Å². The Bertz CT molecular complexity index is 44.1. The van der Waals surface area contributed by atoms with E-state index >= 15 is 0 Å². The fourth-order valence-corrected chi connectivity index (χ4v) is 0. The van der Waals surface area contributed by atoms with Crippen molar-refractivity contribution >= 4 is 8.03 Å². The molecule has 0 saturated carbocycles. The predicted octanol–water partition coefficient (Wildman–Crippen LogP) is 1.64. The van der Waals surface area contributed by atoms with Crippen LogP contribution in [-0.4, -0.2) is 13.8 Å². The molecule has 1 unspecified atom stereocenters. The zero-order valence-electron chi connectivity index (χ0n) is 3.26. The van der Waals surface area contributed by atoms with Crippen LogP contribution in [0.2, 0.25) is 0 Å². The van der Waals surface area contributed by atoms with Crippen LogP contribution in [0.15, 0.2) is 0 Å². The highest BCUT2D eigenvalue weighted by Gasteiger charge is 1.96. The van der Waals surface area contributed by atoms with Crippen molar-refractivity contribution in [2.24, 2.45) is 0 Å². The second kappa shape index (κ2) is 5.06. The van der Waals surface area contributed by atoms with E-state index in [1.807, 2.05) is 0 Å². The second-order valence-corrected chi connectivity index (χ2v) is 1.87. The summed E-state index contributed by atoms with van der Waals surface area (Å²) in [5.74, 6) is 0. The summed E-state index contributed by atoms with van der Waals surface area (Å²) in [6, 6.07) is 0. The van der Waals surface area contributed by atoms with Crippen molar-refractivity contribution < 1.29 is 9.09 Å². The summed E-state index contributed by atoms with van der Waals surface area (Å²) in [7, 11) is 0.0671. The molecule has 0 aromatic heterocycles. The van der Waals surface area contributed by atoms with E-state index in [0.29, 0.717) is 0 Å². The molecule has 0 aromatic carbocycles. The van der Waals surface area contributed by atoms with Gasteiger partial charge in [0, 0.05) is 0 Å². The monoisotopic (exact) mass is 109 g/mol. The molecule has 0 saturated heterocycles. The van der Waals surface area contributed by atoms with Gasteiger partial charge in [-0.25, -0.2) is 0 Å². The molecule has 0 aliphatic carbocycles. The van der Waals surface area contributed by atoms with Crippen molar-refractivity contribution in [3.63, 3.8) is 0 Å². The van der Waals surface area contributed by atoms with E-state index in [2.05, 4.69) is 4.52 Å². The molecule has 0 aromatic rings. The maximum absolute atomic E-state index is 9.74. The minimum atomic E-state index is -1.35. The van der Waals surface area contributed by atoms with E-state index in [0.717, 1.165) is 0 Å². The van der Waals surface area contributed by atoms with Crippen LogP contribution < -0.4 is 0 Å². The molecular formula is C3H10O2P+. The summed E-state index contributed by atoms with van der Waals surface area (Å²) in [5.41, 5.74) is 0. The predicted molar refractivity (Wildman–Crippen MR) is 27.3 cm³/mol. The first-order valence-corrected chi connectivity index (χ1v) is 2.85. The van der Waals surface area contributed by atoms with Gasteiger partial charge in [-0.3, -0.25) is 0 Å². The Morgan fingerprint density at radius 2 is 1.83 bits per heavy atom. The zero-order valence-corrected chi connectivity index (χ0v) is 4.16. The SMILES string of the molecule is C.CO[P+](C)=O. The van der Waals surface area contributed by atoms with Crippen molar-refractivity contribution in [1.29, 1.82) is 0 Å². The Labute approximate surface area is 39.4 Å². The third kappa shape index (κ3) is 8.96. The van der Waals surface area contributed by atoms with Crippen molar-refractivity contribution in [3.05, 3.63) is 0 Å². The molecule has 0 N–H and O–H groups in total. The second-order valence-electron chi connectivity index (χ2n) is 0.622. The first-order chi connectivity index (χ1) is 2.27. The highest BCUT2D eigenvalue weighted by Crippen LogP contribution is 2.10. The van der Waals surface area contributed by atoms with Gasteiger partial charge in [0.05, 0.1) is 7.11 Å². The number of hydrogen-bond donors (Lipinski definition) is 0. The van der Waals surface area contributed by atoms with Gasteiger partial charge in [0.1, 0.15) is 0 Å². The Morgan fingerprint density at radius 3 is 1.83 bits per heavy atom.